The lowest BCUT2D eigenvalue weighted by molar-refractivity contribution is -0.157. The first-order valence-corrected chi connectivity index (χ1v) is 16.9. The minimum atomic E-state index is -1.80. The molecule has 1 heterocycles. The minimum absolute atomic E-state index is 0.0179. The summed E-state index contributed by atoms with van der Waals surface area (Å²) < 4.78 is 27.9. The van der Waals surface area contributed by atoms with Gasteiger partial charge in [0.15, 0.2) is 5.69 Å². The number of ether oxygens (including phenoxy) is 5. The number of hydrogen-bond acceptors (Lipinski definition) is 16. The Labute approximate surface area is 304 Å². The number of aromatic nitrogens is 2. The third-order valence-electron chi connectivity index (χ3n) is 8.39. The van der Waals surface area contributed by atoms with Gasteiger partial charge in [0.1, 0.15) is 60.5 Å². The average Bonchev–Trinajstić information content (AvgIpc) is 3.15. The van der Waals surface area contributed by atoms with Gasteiger partial charge in [0, 0.05) is 67.0 Å². The lowest BCUT2D eigenvalue weighted by atomic mass is 10.0. The number of rotatable bonds is 27. The highest BCUT2D eigenvalue weighted by molar-refractivity contribution is 6.05. The van der Waals surface area contributed by atoms with E-state index in [4.69, 9.17) is 35.2 Å². The van der Waals surface area contributed by atoms with Crippen LogP contribution < -0.4 is 16.2 Å². The highest BCUT2D eigenvalue weighted by Gasteiger charge is 2.37. The molecule has 294 valence electrons. The number of methoxy groups -OCH3 is 4. The van der Waals surface area contributed by atoms with Gasteiger partial charge in [-0.3, -0.25) is 14.7 Å². The molecule has 2 aromatic rings. The van der Waals surface area contributed by atoms with E-state index in [9.17, 15) is 35.4 Å². The number of aliphatic hydroxyl groups excluding tert-OH is 6. The lowest BCUT2D eigenvalue weighted by Crippen LogP contribution is -2.55. The molecule has 0 aliphatic heterocycles. The smallest absolute Gasteiger partial charge is 0.269 e. The molecule has 0 bridgehead atoms. The number of benzene rings is 1. The van der Waals surface area contributed by atoms with E-state index in [-0.39, 0.29) is 50.1 Å². The number of unbranched alkanes of at least 4 members (excludes halogenated alkanes) is 1. The van der Waals surface area contributed by atoms with E-state index in [0.29, 0.717) is 12.3 Å². The van der Waals surface area contributed by atoms with Crippen molar-refractivity contribution < 1.29 is 59.1 Å². The number of aliphatic hydroxyl groups is 6. The Balaban J connectivity index is 2.02. The highest BCUT2D eigenvalue weighted by atomic mass is 16.6. The number of amidine groups is 1. The maximum absolute atomic E-state index is 11.6. The number of aliphatic imine (C=N–C) groups is 1. The Kier molecular flexibility index (Phi) is 20.7. The van der Waals surface area contributed by atoms with Gasteiger partial charge in [0.05, 0.1) is 25.4 Å². The molecule has 0 aliphatic rings. The molecule has 0 saturated heterocycles. The van der Waals surface area contributed by atoms with Crippen LogP contribution in [0.2, 0.25) is 0 Å². The summed E-state index contributed by atoms with van der Waals surface area (Å²) in [5.74, 6) is -0.0386. The van der Waals surface area contributed by atoms with Gasteiger partial charge in [-0.2, -0.15) is 0 Å². The van der Waals surface area contributed by atoms with Crippen LogP contribution in [0.1, 0.15) is 34.6 Å². The second-order valence-electron chi connectivity index (χ2n) is 12.1. The second-order valence-corrected chi connectivity index (χ2v) is 12.1. The van der Waals surface area contributed by atoms with Crippen molar-refractivity contribution in [1.29, 1.82) is 0 Å². The Morgan fingerprint density at radius 1 is 0.827 bits per heavy atom. The monoisotopic (exact) mass is 740 g/mol. The zero-order valence-electron chi connectivity index (χ0n) is 30.2. The van der Waals surface area contributed by atoms with Crippen LogP contribution in [0, 0.1) is 0 Å². The summed E-state index contributed by atoms with van der Waals surface area (Å²) >= 11 is 0. The summed E-state index contributed by atoms with van der Waals surface area (Å²) in [6.07, 6.45) is -5.02. The fourth-order valence-electron chi connectivity index (χ4n) is 5.50. The van der Waals surface area contributed by atoms with Gasteiger partial charge in [-0.1, -0.05) is 12.1 Å². The topological polar surface area (TPSA) is 278 Å². The van der Waals surface area contributed by atoms with E-state index < -0.39 is 61.3 Å². The Hall–Kier alpha value is -3.40. The van der Waals surface area contributed by atoms with Crippen molar-refractivity contribution in [3.8, 4) is 5.75 Å². The number of carbonyl (C=O) groups excluding carboxylic acids is 1. The van der Waals surface area contributed by atoms with E-state index in [2.05, 4.69) is 15.0 Å². The van der Waals surface area contributed by atoms with Crippen molar-refractivity contribution >= 4 is 11.7 Å². The molecule has 0 spiro atoms. The number of nitrogens with zero attached hydrogens (tertiary/aromatic N) is 4. The van der Waals surface area contributed by atoms with Crippen LogP contribution >= 0.6 is 0 Å². The molecule has 0 saturated carbocycles. The largest absolute Gasteiger partial charge is 0.492 e. The van der Waals surface area contributed by atoms with Crippen LogP contribution in [0.3, 0.4) is 0 Å². The fraction of sp³-hybridized carbons (Fsp3) is 0.647. The van der Waals surface area contributed by atoms with Crippen LogP contribution in [-0.4, -0.2) is 181 Å². The summed E-state index contributed by atoms with van der Waals surface area (Å²) in [6, 6.07) is 7.55. The fourth-order valence-corrected chi connectivity index (χ4v) is 5.50. The SMILES string of the molecule is COC[C@@H](O)[C@@H](OC)[C@H](OC)[C@H](CN(CCOc1ccc(CCCCN=C(N)c2nccnc2C(N)=O)cc1)C[C@H](O)[C@@H](O)[C@H](O)[C@H](O)CO)OC. The zero-order valence-corrected chi connectivity index (χ0v) is 30.2. The molecule has 18 nitrogen and oxygen atoms in total. The average molecular weight is 741 g/mol. The minimum Gasteiger partial charge on any atom is -0.492 e. The van der Waals surface area contributed by atoms with Gasteiger partial charge < -0.3 is 65.8 Å². The van der Waals surface area contributed by atoms with Crippen molar-refractivity contribution in [3.05, 3.63) is 53.6 Å². The quantitative estimate of drug-likeness (QED) is 0.0266. The van der Waals surface area contributed by atoms with Crippen LogP contribution in [0.25, 0.3) is 0 Å². The standard InChI is InChI=1S/C34H56N6O12/c1-48-20-25(44)31(50-3)32(51-4)26(49-2)18-40(17-23(42)29(45)30(46)24(43)19-41)15-16-52-22-10-8-21(9-11-22)7-5-6-12-39-33(35)27-28(34(36)47)38-14-13-37-27/h8-11,13-14,23-26,29-32,41-46H,5-7,12,15-20H2,1-4H3,(H2,35,39)(H2,36,47)/t23-,24+,25+,26-,29+,30+,31+,32+/m0/s1. The number of primary amides is 1. The van der Waals surface area contributed by atoms with Crippen molar-refractivity contribution in [1.82, 2.24) is 14.9 Å². The maximum atomic E-state index is 11.6. The molecule has 0 radical (unpaired) electrons. The van der Waals surface area contributed by atoms with Crippen molar-refractivity contribution in [2.75, 3.05) is 74.4 Å². The van der Waals surface area contributed by atoms with Crippen LogP contribution in [0.5, 0.6) is 5.75 Å². The normalized spacial score (nSPS) is 16.9. The number of carbonyl (C=O) groups is 1. The molecule has 2 rings (SSSR count). The van der Waals surface area contributed by atoms with Crippen molar-refractivity contribution in [3.63, 3.8) is 0 Å². The van der Waals surface area contributed by atoms with E-state index in [1.807, 2.05) is 24.3 Å². The van der Waals surface area contributed by atoms with E-state index >= 15 is 0 Å². The molecule has 0 unspecified atom stereocenters. The number of aryl methyl sites for hydroxylation is 1. The molecule has 0 aliphatic carbocycles. The zero-order chi connectivity index (χ0) is 38.6. The third kappa shape index (κ3) is 14.2. The first-order valence-electron chi connectivity index (χ1n) is 16.9. The van der Waals surface area contributed by atoms with Gasteiger partial charge in [-0.15, -0.1) is 0 Å². The number of nitrogens with two attached hydrogens (primary N) is 2. The molecule has 0 fully saturated rings. The van der Waals surface area contributed by atoms with Gasteiger partial charge in [0.2, 0.25) is 0 Å². The van der Waals surface area contributed by atoms with Crippen LogP contribution in [0.15, 0.2) is 41.7 Å². The molecule has 8 atom stereocenters. The second kappa shape index (κ2) is 24.0. The maximum Gasteiger partial charge on any atom is 0.269 e. The van der Waals surface area contributed by atoms with E-state index in [1.165, 1.54) is 40.8 Å². The summed E-state index contributed by atoms with van der Waals surface area (Å²) in [4.78, 5) is 25.6. The molecule has 1 amide bonds. The third-order valence-corrected chi connectivity index (χ3v) is 8.39. The summed E-state index contributed by atoms with van der Waals surface area (Å²) in [5.41, 5.74) is 12.5. The molecular weight excluding hydrogens is 684 g/mol. The lowest BCUT2D eigenvalue weighted by Gasteiger charge is -2.37. The predicted molar refractivity (Wildman–Crippen MR) is 189 cm³/mol. The number of hydrogen-bond donors (Lipinski definition) is 8. The van der Waals surface area contributed by atoms with Crippen LogP contribution in [-0.2, 0) is 25.4 Å². The van der Waals surface area contributed by atoms with Gasteiger partial charge in [-0.25, -0.2) is 9.97 Å². The molecule has 10 N–H and O–H groups in total. The van der Waals surface area contributed by atoms with Crippen LogP contribution in [0.4, 0.5) is 0 Å². The predicted octanol–water partition coefficient (Wildman–Crippen LogP) is -2.53. The molecule has 1 aromatic heterocycles. The Morgan fingerprint density at radius 2 is 1.46 bits per heavy atom. The van der Waals surface area contributed by atoms with Crippen molar-refractivity contribution in [2.24, 2.45) is 16.5 Å². The molecule has 52 heavy (non-hydrogen) atoms. The molecular formula is C34H56N6O12. The van der Waals surface area contributed by atoms with E-state index in [0.717, 1.165) is 24.8 Å². The van der Waals surface area contributed by atoms with E-state index in [1.54, 1.807) is 4.90 Å². The molecule has 18 heteroatoms. The van der Waals surface area contributed by atoms with Gasteiger partial charge >= 0.3 is 0 Å². The Morgan fingerprint density at radius 3 is 2.04 bits per heavy atom. The van der Waals surface area contributed by atoms with Gasteiger partial charge in [-0.05, 0) is 37.0 Å². The molecule has 1 aromatic carbocycles. The number of amides is 1. The van der Waals surface area contributed by atoms with Gasteiger partial charge in [0.25, 0.3) is 5.91 Å². The Bertz CT molecular complexity index is 1330. The highest BCUT2D eigenvalue weighted by Crippen LogP contribution is 2.18. The van der Waals surface area contributed by atoms with Crippen molar-refractivity contribution in [2.45, 2.75) is 68.1 Å². The summed E-state index contributed by atoms with van der Waals surface area (Å²) in [5, 5.41) is 61.0. The first kappa shape index (κ1) is 44.8. The first-order chi connectivity index (χ1) is 24.9. The summed E-state index contributed by atoms with van der Waals surface area (Å²) in [7, 11) is 5.76. The summed E-state index contributed by atoms with van der Waals surface area (Å²) in [6.45, 7) is -0.0951.